The van der Waals surface area contributed by atoms with Crippen LogP contribution in [-0.4, -0.2) is 12.6 Å². The molecule has 0 aliphatic heterocycles. The van der Waals surface area contributed by atoms with E-state index >= 15 is 0 Å². The van der Waals surface area contributed by atoms with E-state index in [1.165, 1.54) is 11.6 Å². The Hall–Kier alpha value is -1.09. The first kappa shape index (κ1) is 11.0. The van der Waals surface area contributed by atoms with Gasteiger partial charge in [-0.15, -0.1) is 11.3 Å². The largest absolute Gasteiger partial charge is 0.463 e. The second-order valence-electron chi connectivity index (χ2n) is 2.97. The molecule has 0 unspecified atom stereocenters. The predicted octanol–water partition coefficient (Wildman–Crippen LogP) is 3.02. The molecule has 1 aromatic heterocycles. The van der Waals surface area contributed by atoms with Gasteiger partial charge in [0, 0.05) is 11.0 Å². The summed E-state index contributed by atoms with van der Waals surface area (Å²) in [4.78, 5) is 12.2. The average molecular weight is 210 g/mol. The van der Waals surface area contributed by atoms with E-state index < -0.39 is 0 Å². The smallest absolute Gasteiger partial charge is 0.330 e. The van der Waals surface area contributed by atoms with Gasteiger partial charge in [0.1, 0.15) is 0 Å². The maximum atomic E-state index is 11.1. The molecular weight excluding hydrogens is 196 g/mol. The van der Waals surface area contributed by atoms with Crippen LogP contribution >= 0.6 is 11.3 Å². The number of esters is 1. The molecule has 0 radical (unpaired) electrons. The minimum atomic E-state index is -0.264. The SMILES string of the molecule is CCCOC(=O)C=Cc1sccc1C. The van der Waals surface area contributed by atoms with Gasteiger partial charge in [0.2, 0.25) is 0 Å². The van der Waals surface area contributed by atoms with Crippen molar-refractivity contribution in [2.45, 2.75) is 20.3 Å². The normalized spacial score (nSPS) is 10.7. The summed E-state index contributed by atoms with van der Waals surface area (Å²) >= 11 is 1.62. The molecule has 0 amide bonds. The first-order valence-electron chi connectivity index (χ1n) is 4.63. The Bertz CT molecular complexity index is 326. The zero-order chi connectivity index (χ0) is 10.4. The molecule has 0 aliphatic carbocycles. The molecule has 1 heterocycles. The molecule has 0 bridgehead atoms. The molecule has 0 N–H and O–H groups in total. The summed E-state index contributed by atoms with van der Waals surface area (Å²) in [6.07, 6.45) is 4.14. The Morgan fingerprint density at radius 3 is 3.00 bits per heavy atom. The fourth-order valence-corrected chi connectivity index (χ4v) is 1.77. The molecule has 1 aromatic rings. The van der Waals surface area contributed by atoms with Gasteiger partial charge in [-0.3, -0.25) is 0 Å². The molecule has 1 rings (SSSR count). The van der Waals surface area contributed by atoms with E-state index in [0.29, 0.717) is 6.61 Å². The van der Waals surface area contributed by atoms with Gasteiger partial charge in [0.15, 0.2) is 0 Å². The lowest BCUT2D eigenvalue weighted by Crippen LogP contribution is -2.00. The molecule has 0 saturated heterocycles. The summed E-state index contributed by atoms with van der Waals surface area (Å²) < 4.78 is 4.91. The molecule has 0 aromatic carbocycles. The number of ether oxygens (including phenoxy) is 1. The summed E-state index contributed by atoms with van der Waals surface area (Å²) in [5, 5.41) is 2.01. The molecule has 0 aliphatic rings. The first-order chi connectivity index (χ1) is 6.74. The van der Waals surface area contributed by atoms with Crippen LogP contribution in [0.1, 0.15) is 23.8 Å². The highest BCUT2D eigenvalue weighted by Gasteiger charge is 1.97. The molecule has 0 fully saturated rings. The molecule has 0 saturated carbocycles. The maximum Gasteiger partial charge on any atom is 0.330 e. The third-order valence-corrected chi connectivity index (χ3v) is 2.71. The van der Waals surface area contributed by atoms with Crippen LogP contribution in [0, 0.1) is 6.92 Å². The van der Waals surface area contributed by atoms with Crippen molar-refractivity contribution in [2.24, 2.45) is 0 Å². The fraction of sp³-hybridized carbons (Fsp3) is 0.364. The highest BCUT2D eigenvalue weighted by Crippen LogP contribution is 2.16. The number of carbonyl (C=O) groups excluding carboxylic acids is 1. The van der Waals surface area contributed by atoms with Crippen molar-refractivity contribution >= 4 is 23.4 Å². The third-order valence-electron chi connectivity index (χ3n) is 1.72. The van der Waals surface area contributed by atoms with Crippen molar-refractivity contribution in [3.63, 3.8) is 0 Å². The van der Waals surface area contributed by atoms with E-state index in [9.17, 15) is 4.79 Å². The Morgan fingerprint density at radius 2 is 2.43 bits per heavy atom. The van der Waals surface area contributed by atoms with Gasteiger partial charge in [0.05, 0.1) is 6.61 Å². The van der Waals surface area contributed by atoms with Crippen molar-refractivity contribution in [3.05, 3.63) is 28.0 Å². The lowest BCUT2D eigenvalue weighted by molar-refractivity contribution is -0.137. The average Bonchev–Trinajstić information content (AvgIpc) is 2.58. The Balaban J connectivity index is 2.48. The van der Waals surface area contributed by atoms with Crippen molar-refractivity contribution in [1.82, 2.24) is 0 Å². The summed E-state index contributed by atoms with van der Waals surface area (Å²) in [5.41, 5.74) is 1.19. The van der Waals surface area contributed by atoms with Crippen molar-refractivity contribution in [2.75, 3.05) is 6.61 Å². The Kier molecular flexibility index (Phi) is 4.40. The van der Waals surface area contributed by atoms with E-state index in [4.69, 9.17) is 4.74 Å². The first-order valence-corrected chi connectivity index (χ1v) is 5.51. The number of hydrogen-bond donors (Lipinski definition) is 0. The third kappa shape index (κ3) is 3.34. The van der Waals surface area contributed by atoms with Gasteiger partial charge >= 0.3 is 5.97 Å². The number of thiophene rings is 1. The molecule has 0 spiro atoms. The number of rotatable bonds is 4. The van der Waals surface area contributed by atoms with Crippen LogP contribution in [0.15, 0.2) is 17.5 Å². The van der Waals surface area contributed by atoms with Crippen LogP contribution < -0.4 is 0 Å². The summed E-state index contributed by atoms with van der Waals surface area (Å²) in [6, 6.07) is 2.03. The van der Waals surface area contributed by atoms with E-state index in [2.05, 4.69) is 0 Å². The van der Waals surface area contributed by atoms with Gasteiger partial charge in [-0.25, -0.2) is 4.79 Å². The number of aryl methyl sites for hydroxylation is 1. The molecular formula is C11H14O2S. The summed E-state index contributed by atoms with van der Waals surface area (Å²) in [7, 11) is 0. The van der Waals surface area contributed by atoms with E-state index in [1.54, 1.807) is 17.4 Å². The topological polar surface area (TPSA) is 26.3 Å². The van der Waals surface area contributed by atoms with Gasteiger partial charge in [0.25, 0.3) is 0 Å². The quantitative estimate of drug-likeness (QED) is 0.564. The second-order valence-corrected chi connectivity index (χ2v) is 3.92. The minimum Gasteiger partial charge on any atom is -0.463 e. The molecule has 14 heavy (non-hydrogen) atoms. The zero-order valence-electron chi connectivity index (χ0n) is 8.45. The van der Waals surface area contributed by atoms with Gasteiger partial charge in [-0.05, 0) is 36.4 Å². The van der Waals surface area contributed by atoms with Crippen LogP contribution in [0.2, 0.25) is 0 Å². The van der Waals surface area contributed by atoms with Crippen LogP contribution in [-0.2, 0) is 9.53 Å². The van der Waals surface area contributed by atoms with Crippen molar-refractivity contribution in [3.8, 4) is 0 Å². The summed E-state index contributed by atoms with van der Waals surface area (Å²) in [6.45, 7) is 4.49. The Labute approximate surface area is 88.2 Å². The van der Waals surface area contributed by atoms with Crippen LogP contribution in [0.3, 0.4) is 0 Å². The molecule has 0 atom stereocenters. The molecule has 3 heteroatoms. The number of carbonyl (C=O) groups is 1. The highest BCUT2D eigenvalue weighted by atomic mass is 32.1. The van der Waals surface area contributed by atoms with Crippen LogP contribution in [0.5, 0.6) is 0 Å². The fourth-order valence-electron chi connectivity index (χ4n) is 0.950. The zero-order valence-corrected chi connectivity index (χ0v) is 9.26. The lowest BCUT2D eigenvalue weighted by Gasteiger charge is -1.96. The van der Waals surface area contributed by atoms with Crippen molar-refractivity contribution < 1.29 is 9.53 Å². The van der Waals surface area contributed by atoms with Crippen LogP contribution in [0.25, 0.3) is 6.08 Å². The van der Waals surface area contributed by atoms with Crippen molar-refractivity contribution in [1.29, 1.82) is 0 Å². The molecule has 76 valence electrons. The lowest BCUT2D eigenvalue weighted by atomic mass is 10.3. The second kappa shape index (κ2) is 5.60. The van der Waals surface area contributed by atoms with Gasteiger partial charge < -0.3 is 4.74 Å². The standard InChI is InChI=1S/C11H14O2S/c1-3-7-13-11(12)5-4-10-9(2)6-8-14-10/h4-6,8H,3,7H2,1-2H3. The van der Waals surface area contributed by atoms with E-state index in [0.717, 1.165) is 11.3 Å². The summed E-state index contributed by atoms with van der Waals surface area (Å²) in [5.74, 6) is -0.264. The monoisotopic (exact) mass is 210 g/mol. The van der Waals surface area contributed by atoms with E-state index in [-0.39, 0.29) is 5.97 Å². The van der Waals surface area contributed by atoms with Crippen LogP contribution in [0.4, 0.5) is 0 Å². The van der Waals surface area contributed by atoms with Gasteiger partial charge in [-0.1, -0.05) is 6.92 Å². The Morgan fingerprint density at radius 1 is 1.64 bits per heavy atom. The highest BCUT2D eigenvalue weighted by molar-refractivity contribution is 7.11. The minimum absolute atomic E-state index is 0.264. The predicted molar refractivity (Wildman–Crippen MR) is 59.3 cm³/mol. The molecule has 2 nitrogen and oxygen atoms in total. The van der Waals surface area contributed by atoms with Gasteiger partial charge in [-0.2, -0.15) is 0 Å². The maximum absolute atomic E-state index is 11.1. The number of hydrogen-bond acceptors (Lipinski definition) is 3. The van der Waals surface area contributed by atoms with E-state index in [1.807, 2.05) is 25.3 Å².